The SMILES string of the molecule is Nc1ccc(C(=O)Cc2nc(-c3ccccc3)cs2)cc1. The Bertz CT molecular complexity index is 748. The van der Waals surface area contributed by atoms with E-state index in [-0.39, 0.29) is 5.78 Å². The number of hydrogen-bond acceptors (Lipinski definition) is 4. The van der Waals surface area contributed by atoms with Crippen LogP contribution in [0.4, 0.5) is 5.69 Å². The van der Waals surface area contributed by atoms with Crippen molar-refractivity contribution in [3.63, 3.8) is 0 Å². The maximum atomic E-state index is 12.2. The maximum Gasteiger partial charge on any atom is 0.169 e. The van der Waals surface area contributed by atoms with E-state index >= 15 is 0 Å². The number of ketones is 1. The van der Waals surface area contributed by atoms with Crippen LogP contribution in [-0.2, 0) is 6.42 Å². The summed E-state index contributed by atoms with van der Waals surface area (Å²) in [6.07, 6.45) is 0.321. The molecule has 0 unspecified atom stereocenters. The first kappa shape index (κ1) is 13.5. The zero-order valence-corrected chi connectivity index (χ0v) is 12.1. The minimum absolute atomic E-state index is 0.0592. The second-order valence-corrected chi connectivity index (χ2v) is 5.66. The fraction of sp³-hybridized carbons (Fsp3) is 0.0588. The summed E-state index contributed by atoms with van der Waals surface area (Å²) < 4.78 is 0. The average Bonchev–Trinajstić information content (AvgIpc) is 2.97. The molecule has 0 atom stereocenters. The molecule has 2 N–H and O–H groups in total. The van der Waals surface area contributed by atoms with Crippen LogP contribution in [0.1, 0.15) is 15.4 Å². The number of anilines is 1. The summed E-state index contributed by atoms with van der Waals surface area (Å²) in [4.78, 5) is 16.7. The number of thiazole rings is 1. The van der Waals surface area contributed by atoms with Gasteiger partial charge in [-0.2, -0.15) is 0 Å². The van der Waals surface area contributed by atoms with Crippen molar-refractivity contribution in [1.82, 2.24) is 4.98 Å². The van der Waals surface area contributed by atoms with Gasteiger partial charge in [-0.25, -0.2) is 4.98 Å². The fourth-order valence-corrected chi connectivity index (χ4v) is 2.84. The molecule has 1 heterocycles. The van der Waals surface area contributed by atoms with E-state index in [1.807, 2.05) is 35.7 Å². The molecule has 0 aliphatic carbocycles. The molecule has 0 spiro atoms. The Balaban J connectivity index is 1.75. The molecule has 0 saturated heterocycles. The van der Waals surface area contributed by atoms with E-state index < -0.39 is 0 Å². The van der Waals surface area contributed by atoms with Gasteiger partial charge in [0.05, 0.1) is 12.1 Å². The van der Waals surface area contributed by atoms with Crippen molar-refractivity contribution in [3.05, 3.63) is 70.5 Å². The number of carbonyl (C=O) groups is 1. The van der Waals surface area contributed by atoms with Crippen LogP contribution in [0.25, 0.3) is 11.3 Å². The first-order valence-corrected chi connectivity index (χ1v) is 7.49. The largest absolute Gasteiger partial charge is 0.399 e. The zero-order chi connectivity index (χ0) is 14.7. The van der Waals surface area contributed by atoms with Crippen molar-refractivity contribution in [2.45, 2.75) is 6.42 Å². The Morgan fingerprint density at radius 2 is 1.76 bits per heavy atom. The molecular formula is C17H14N2OS. The van der Waals surface area contributed by atoms with E-state index in [4.69, 9.17) is 5.73 Å². The molecule has 104 valence electrons. The van der Waals surface area contributed by atoms with E-state index in [1.165, 1.54) is 11.3 Å². The minimum Gasteiger partial charge on any atom is -0.399 e. The van der Waals surface area contributed by atoms with Crippen LogP contribution >= 0.6 is 11.3 Å². The van der Waals surface area contributed by atoms with Crippen molar-refractivity contribution >= 4 is 22.8 Å². The zero-order valence-electron chi connectivity index (χ0n) is 11.3. The highest BCUT2D eigenvalue weighted by molar-refractivity contribution is 7.10. The molecule has 0 amide bonds. The Morgan fingerprint density at radius 1 is 1.05 bits per heavy atom. The highest BCUT2D eigenvalue weighted by Crippen LogP contribution is 2.22. The molecule has 4 heteroatoms. The number of Topliss-reactive ketones (excluding diaryl/α,β-unsaturated/α-hetero) is 1. The van der Waals surface area contributed by atoms with Crippen LogP contribution in [0, 0.1) is 0 Å². The van der Waals surface area contributed by atoms with Gasteiger partial charge in [-0.1, -0.05) is 30.3 Å². The standard InChI is InChI=1S/C17H14N2OS/c18-14-8-6-13(7-9-14)16(20)10-17-19-15(11-21-17)12-4-2-1-3-5-12/h1-9,11H,10,18H2. The van der Waals surface area contributed by atoms with E-state index in [2.05, 4.69) is 4.98 Å². The first-order chi connectivity index (χ1) is 10.2. The van der Waals surface area contributed by atoms with E-state index in [0.717, 1.165) is 16.3 Å². The van der Waals surface area contributed by atoms with Crippen LogP contribution < -0.4 is 5.73 Å². The number of nitrogens with two attached hydrogens (primary N) is 1. The third-order valence-electron chi connectivity index (χ3n) is 3.17. The normalized spacial score (nSPS) is 10.5. The molecule has 3 nitrogen and oxygen atoms in total. The summed E-state index contributed by atoms with van der Waals surface area (Å²) in [5.41, 5.74) is 8.94. The molecule has 2 aromatic carbocycles. The summed E-state index contributed by atoms with van der Waals surface area (Å²) in [7, 11) is 0. The fourth-order valence-electron chi connectivity index (χ4n) is 2.04. The molecule has 0 aliphatic rings. The van der Waals surface area contributed by atoms with E-state index in [9.17, 15) is 4.79 Å². The number of carbonyl (C=O) groups excluding carboxylic acids is 1. The van der Waals surface area contributed by atoms with Crippen LogP contribution in [0.5, 0.6) is 0 Å². The Hall–Kier alpha value is -2.46. The van der Waals surface area contributed by atoms with Gasteiger partial charge in [-0.05, 0) is 24.3 Å². The van der Waals surface area contributed by atoms with Gasteiger partial charge in [-0.15, -0.1) is 11.3 Å². The quantitative estimate of drug-likeness (QED) is 0.588. The average molecular weight is 294 g/mol. The molecule has 0 radical (unpaired) electrons. The Kier molecular flexibility index (Phi) is 3.79. The lowest BCUT2D eigenvalue weighted by Gasteiger charge is -1.99. The van der Waals surface area contributed by atoms with Crippen molar-refractivity contribution in [2.75, 3.05) is 5.73 Å². The third-order valence-corrected chi connectivity index (χ3v) is 4.01. The molecule has 3 rings (SSSR count). The molecular weight excluding hydrogens is 280 g/mol. The van der Waals surface area contributed by atoms with Gasteiger partial charge in [0.1, 0.15) is 5.01 Å². The van der Waals surface area contributed by atoms with E-state index in [1.54, 1.807) is 24.3 Å². The monoisotopic (exact) mass is 294 g/mol. The van der Waals surface area contributed by atoms with Crippen molar-refractivity contribution in [1.29, 1.82) is 0 Å². The van der Waals surface area contributed by atoms with Crippen molar-refractivity contribution in [2.24, 2.45) is 0 Å². The maximum absolute atomic E-state index is 12.2. The van der Waals surface area contributed by atoms with Gasteiger partial charge >= 0.3 is 0 Å². The Morgan fingerprint density at radius 3 is 2.48 bits per heavy atom. The van der Waals surface area contributed by atoms with Crippen LogP contribution in [-0.4, -0.2) is 10.8 Å². The lowest BCUT2D eigenvalue weighted by Crippen LogP contribution is -2.03. The number of nitrogens with zero attached hydrogens (tertiary/aromatic N) is 1. The number of benzene rings is 2. The highest BCUT2D eigenvalue weighted by atomic mass is 32.1. The van der Waals surface area contributed by atoms with Gasteiger partial charge < -0.3 is 5.73 Å². The van der Waals surface area contributed by atoms with Crippen molar-refractivity contribution < 1.29 is 4.79 Å². The smallest absolute Gasteiger partial charge is 0.169 e. The second kappa shape index (κ2) is 5.89. The molecule has 0 saturated carbocycles. The molecule has 0 fully saturated rings. The van der Waals surface area contributed by atoms with E-state index in [0.29, 0.717) is 17.7 Å². The lowest BCUT2D eigenvalue weighted by molar-refractivity contribution is 0.0993. The van der Waals surface area contributed by atoms with Crippen molar-refractivity contribution in [3.8, 4) is 11.3 Å². The summed E-state index contributed by atoms with van der Waals surface area (Å²) in [6, 6.07) is 17.0. The number of hydrogen-bond donors (Lipinski definition) is 1. The summed E-state index contributed by atoms with van der Waals surface area (Å²) in [5, 5.41) is 2.82. The topological polar surface area (TPSA) is 56.0 Å². The molecule has 21 heavy (non-hydrogen) atoms. The highest BCUT2D eigenvalue weighted by Gasteiger charge is 2.11. The second-order valence-electron chi connectivity index (χ2n) is 4.71. The van der Waals surface area contributed by atoms with Gasteiger partial charge in [-0.3, -0.25) is 4.79 Å². The molecule has 0 aliphatic heterocycles. The summed E-state index contributed by atoms with van der Waals surface area (Å²) in [5.74, 6) is 0.0592. The minimum atomic E-state index is 0.0592. The summed E-state index contributed by atoms with van der Waals surface area (Å²) >= 11 is 1.51. The number of aromatic nitrogens is 1. The third kappa shape index (κ3) is 3.17. The predicted octanol–water partition coefficient (Wildman–Crippen LogP) is 3.82. The molecule has 0 bridgehead atoms. The number of rotatable bonds is 4. The number of nitrogen functional groups attached to an aromatic ring is 1. The van der Waals surface area contributed by atoms with Gasteiger partial charge in [0, 0.05) is 22.2 Å². The van der Waals surface area contributed by atoms with Gasteiger partial charge in [0.25, 0.3) is 0 Å². The van der Waals surface area contributed by atoms with Crippen LogP contribution in [0.3, 0.4) is 0 Å². The van der Waals surface area contributed by atoms with Crippen LogP contribution in [0.2, 0.25) is 0 Å². The Labute approximate surface area is 127 Å². The van der Waals surface area contributed by atoms with Crippen LogP contribution in [0.15, 0.2) is 60.0 Å². The first-order valence-electron chi connectivity index (χ1n) is 6.61. The van der Waals surface area contributed by atoms with Gasteiger partial charge in [0.2, 0.25) is 0 Å². The molecule has 3 aromatic rings. The predicted molar refractivity (Wildman–Crippen MR) is 86.4 cm³/mol. The lowest BCUT2D eigenvalue weighted by atomic mass is 10.1. The summed E-state index contributed by atoms with van der Waals surface area (Å²) in [6.45, 7) is 0. The molecule has 1 aromatic heterocycles. The van der Waals surface area contributed by atoms with Gasteiger partial charge in [0.15, 0.2) is 5.78 Å².